The van der Waals surface area contributed by atoms with Gasteiger partial charge in [0.25, 0.3) is 21.9 Å². The molecule has 0 saturated heterocycles. The maximum Gasteiger partial charge on any atom is 0.322 e. The Bertz CT molecular complexity index is 3640. The second-order valence-corrected chi connectivity index (χ2v) is 24.2. The van der Waals surface area contributed by atoms with E-state index in [-0.39, 0.29) is 23.7 Å². The van der Waals surface area contributed by atoms with Gasteiger partial charge in [0.15, 0.2) is 11.0 Å². The number of benzene rings is 5. The van der Waals surface area contributed by atoms with Crippen LogP contribution in [0.1, 0.15) is 98.1 Å². The van der Waals surface area contributed by atoms with Gasteiger partial charge >= 0.3 is 5.97 Å². The zero-order chi connectivity index (χ0) is 57.7. The van der Waals surface area contributed by atoms with E-state index in [4.69, 9.17) is 5.11 Å². The lowest BCUT2D eigenvalue weighted by Gasteiger charge is -2.27. The first-order chi connectivity index (χ1) is 37.9. The third-order valence-corrected chi connectivity index (χ3v) is 17.2. The number of carbonyl (C=O) groups is 6. The fraction of sp³-hybridized carbons (Fsp3) is 0.339. The number of nitrogens with zero attached hydrogens (tertiary/aromatic N) is 3. The van der Waals surface area contributed by atoms with E-state index in [1.165, 1.54) is 21.4 Å². The largest absolute Gasteiger partial charge is 0.747 e. The summed E-state index contributed by atoms with van der Waals surface area (Å²) in [6.45, 7) is 7.27. The van der Waals surface area contributed by atoms with E-state index in [9.17, 15) is 54.7 Å². The molecule has 5 aromatic rings. The summed E-state index contributed by atoms with van der Waals surface area (Å²) in [5, 5.41) is 14.3. The molecule has 21 heteroatoms. The molecule has 0 aliphatic carbocycles. The van der Waals surface area contributed by atoms with E-state index >= 15 is 0 Å². The summed E-state index contributed by atoms with van der Waals surface area (Å²) in [5.74, 6) is -5.77. The van der Waals surface area contributed by atoms with Crippen molar-refractivity contribution < 1.29 is 64.4 Å². The van der Waals surface area contributed by atoms with Crippen LogP contribution in [0.3, 0.4) is 0 Å². The number of anilines is 1. The number of unbranched alkanes of at least 4 members (excludes halogenated alkanes) is 3. The van der Waals surface area contributed by atoms with Crippen molar-refractivity contribution in [3.05, 3.63) is 155 Å². The normalized spacial score (nSPS) is 16.9. The van der Waals surface area contributed by atoms with Gasteiger partial charge in [-0.15, -0.1) is 0 Å². The highest BCUT2D eigenvalue weighted by atomic mass is 32.2. The standard InChI is InChI=1S/C59H64N6O13S2/c1-58(2)48(25-7-5-8-26-49-59(3,4)53-41-22-13-11-20-39(41)29-31-45(53)64(49)33-17-18-34-65-56(71)42-23-14-15-24-43(42)57(65)72)63(44-30-28-38-19-10-12-21-40(38)52(44)58)32-16-6-9-27-50(66)60-35-46(79(73,74)75)54(69)61-36-47(80(76,77)78)55(70)62-37-51(67)68/h5,7-8,10-15,19-26,28-31,46-47H,6,9,16-18,27,32-37H2,1-4H3,(H5-,60,61,62,66,67,68,69,70,73,74,75,76,77,78). The van der Waals surface area contributed by atoms with Crippen molar-refractivity contribution in [1.82, 2.24) is 20.9 Å². The van der Waals surface area contributed by atoms with Gasteiger partial charge in [-0.1, -0.05) is 98.8 Å². The van der Waals surface area contributed by atoms with Gasteiger partial charge in [-0.05, 0) is 97.0 Å². The van der Waals surface area contributed by atoms with Crippen molar-refractivity contribution in [2.24, 2.45) is 0 Å². The Morgan fingerprint density at radius 1 is 0.650 bits per heavy atom. The van der Waals surface area contributed by atoms with E-state index < -0.39 is 79.5 Å². The van der Waals surface area contributed by atoms with Crippen LogP contribution in [-0.2, 0) is 50.2 Å². The number of imide groups is 1. The molecule has 0 spiro atoms. The molecule has 0 bridgehead atoms. The first-order valence-corrected chi connectivity index (χ1v) is 29.3. The van der Waals surface area contributed by atoms with Gasteiger partial charge in [0, 0.05) is 73.5 Å². The van der Waals surface area contributed by atoms with Crippen LogP contribution in [0.15, 0.2) is 133 Å². The second kappa shape index (κ2) is 23.9. The third kappa shape index (κ3) is 12.3. The first kappa shape index (κ1) is 58.3. The Morgan fingerprint density at radius 3 is 1.85 bits per heavy atom. The van der Waals surface area contributed by atoms with E-state index in [1.807, 2.05) is 35.7 Å². The lowest BCUT2D eigenvalue weighted by Crippen LogP contribution is -2.52. The van der Waals surface area contributed by atoms with Gasteiger partial charge in [0.2, 0.25) is 23.4 Å². The highest BCUT2D eigenvalue weighted by Gasteiger charge is 2.46. The minimum absolute atomic E-state index is 0.0866. The molecule has 0 aromatic heterocycles. The SMILES string of the molecule is CC1(C)C(/C=C/C=C/C=C2/N(CCCCN3C(=O)c4ccccc4C3=O)c3ccc4ccccc4c3C2(C)C)=[N+](CCCCCC(=O)NCC(C(=O)NCC(C(=O)NCC(=O)O)S(=O)(=O)O)S(=O)(=O)[O-])c2ccc3ccccc3c21. The predicted molar refractivity (Wildman–Crippen MR) is 302 cm³/mol. The van der Waals surface area contributed by atoms with Gasteiger partial charge in [-0.3, -0.25) is 38.2 Å². The Hall–Kier alpha value is -7.85. The number of fused-ring (bicyclic) bond motifs is 7. The van der Waals surface area contributed by atoms with Gasteiger partial charge in [-0.25, -0.2) is 8.42 Å². The zero-order valence-corrected chi connectivity index (χ0v) is 46.4. The first-order valence-electron chi connectivity index (χ1n) is 26.4. The summed E-state index contributed by atoms with van der Waals surface area (Å²) in [6, 6.07) is 32.1. The highest BCUT2D eigenvalue weighted by Crippen LogP contribution is 2.51. The Kier molecular flexibility index (Phi) is 17.4. The Balaban J connectivity index is 0.942. The number of amides is 5. The van der Waals surface area contributed by atoms with Crippen LogP contribution in [-0.4, -0.2) is 132 Å². The van der Waals surface area contributed by atoms with Gasteiger partial charge < -0.3 is 30.5 Å². The lowest BCUT2D eigenvalue weighted by atomic mass is 9.79. The number of hydrogen-bond donors (Lipinski definition) is 5. The van der Waals surface area contributed by atoms with E-state index in [1.54, 1.807) is 29.6 Å². The minimum atomic E-state index is -5.44. The Labute approximate surface area is 464 Å². The zero-order valence-electron chi connectivity index (χ0n) is 44.8. The van der Waals surface area contributed by atoms with Crippen LogP contribution < -0.4 is 20.9 Å². The van der Waals surface area contributed by atoms with Crippen molar-refractivity contribution in [1.29, 1.82) is 0 Å². The average molecular weight is 1130 g/mol. The third-order valence-electron chi connectivity index (χ3n) is 15.1. The molecule has 8 rings (SSSR count). The molecule has 5 aromatic carbocycles. The van der Waals surface area contributed by atoms with E-state index in [2.05, 4.69) is 115 Å². The molecule has 3 heterocycles. The topological polar surface area (TPSA) is 280 Å². The van der Waals surface area contributed by atoms with Crippen molar-refractivity contribution >= 4 is 94.4 Å². The number of aliphatic carboxylic acids is 1. The van der Waals surface area contributed by atoms with Crippen LogP contribution in [0.4, 0.5) is 11.4 Å². The van der Waals surface area contributed by atoms with Crippen LogP contribution in [0.25, 0.3) is 21.5 Å². The van der Waals surface area contributed by atoms with Crippen LogP contribution in [0, 0.1) is 0 Å². The quantitative estimate of drug-likeness (QED) is 0.0147. The lowest BCUT2D eigenvalue weighted by molar-refractivity contribution is -0.438. The summed E-state index contributed by atoms with van der Waals surface area (Å²) in [4.78, 5) is 78.7. The molecule has 0 fully saturated rings. The molecule has 19 nitrogen and oxygen atoms in total. The van der Waals surface area contributed by atoms with Crippen molar-refractivity contribution in [3.63, 3.8) is 0 Å². The maximum absolute atomic E-state index is 13.1. The molecular weight excluding hydrogens is 1060 g/mol. The Morgan fingerprint density at radius 2 is 1.23 bits per heavy atom. The average Bonchev–Trinajstić information content (AvgIpc) is 3.96. The van der Waals surface area contributed by atoms with Crippen molar-refractivity contribution in [3.8, 4) is 0 Å². The summed E-state index contributed by atoms with van der Waals surface area (Å²) in [5.41, 5.74) is 6.86. The molecule has 0 saturated carbocycles. The van der Waals surface area contributed by atoms with Gasteiger partial charge in [0.05, 0.1) is 16.5 Å². The monoisotopic (exact) mass is 1130 g/mol. The van der Waals surface area contributed by atoms with Gasteiger partial charge in [0.1, 0.15) is 28.5 Å². The smallest absolute Gasteiger partial charge is 0.322 e. The second-order valence-electron chi connectivity index (χ2n) is 21.1. The molecular formula is C59H64N6O13S2. The molecule has 0 radical (unpaired) electrons. The molecule has 2 unspecified atom stereocenters. The number of carbonyl (C=O) groups excluding carboxylic acids is 5. The number of carboxylic acids is 1. The van der Waals surface area contributed by atoms with Crippen LogP contribution in [0.2, 0.25) is 0 Å². The maximum atomic E-state index is 13.1. The molecule has 3 aliphatic rings. The van der Waals surface area contributed by atoms with Gasteiger partial charge in [-0.2, -0.15) is 13.0 Å². The molecule has 2 atom stereocenters. The van der Waals surface area contributed by atoms with Crippen LogP contribution in [0.5, 0.6) is 0 Å². The number of allylic oxidation sites excluding steroid dienone is 6. The van der Waals surface area contributed by atoms with E-state index in [0.29, 0.717) is 56.4 Å². The van der Waals surface area contributed by atoms with E-state index in [0.717, 1.165) is 45.4 Å². The predicted octanol–water partition coefficient (Wildman–Crippen LogP) is 6.40. The number of carboxylic acid groups (broad SMARTS) is 1. The number of rotatable bonds is 24. The molecule has 5 amide bonds. The fourth-order valence-corrected chi connectivity index (χ4v) is 12.4. The van der Waals surface area contributed by atoms with Crippen LogP contribution >= 0.6 is 0 Å². The highest BCUT2D eigenvalue weighted by molar-refractivity contribution is 7.87. The summed E-state index contributed by atoms with van der Waals surface area (Å²) < 4.78 is 71.5. The summed E-state index contributed by atoms with van der Waals surface area (Å²) in [6.07, 6.45) is 13.3. The van der Waals surface area contributed by atoms with Crippen molar-refractivity contribution in [2.45, 2.75) is 87.5 Å². The molecule has 420 valence electrons. The minimum Gasteiger partial charge on any atom is -0.747 e. The summed E-state index contributed by atoms with van der Waals surface area (Å²) in [7, 11) is -10.7. The van der Waals surface area contributed by atoms with Crippen molar-refractivity contribution in [2.75, 3.05) is 44.2 Å². The molecule has 3 aliphatic heterocycles. The summed E-state index contributed by atoms with van der Waals surface area (Å²) >= 11 is 0. The molecule has 5 N–H and O–H groups in total. The number of hydrogen-bond acceptors (Lipinski definition) is 12. The molecule has 80 heavy (non-hydrogen) atoms. The fourth-order valence-electron chi connectivity index (χ4n) is 11.2. The number of nitrogens with one attached hydrogen (secondary N) is 3.